The maximum absolute atomic E-state index is 14.0. The molecule has 0 spiro atoms. The van der Waals surface area contributed by atoms with E-state index in [0.717, 1.165) is 4.90 Å². The molecule has 0 saturated carbocycles. The first-order valence-electron chi connectivity index (χ1n) is 14.0. The molecular formula is C30H32F7N3O4. The standard InChI is InChI=1S/C30H32F7N3O4/c1-17-9-22(31)3-4-23(17)25-15-40(27(43)19-5-7-39(14-19)26(42)16-41)8-6-24(25)28(44)38(2)13-18-10-20(29(32,33)34)12-21(11-18)30(35,36)37/h3-4,9-12,19,24-25,41H,5-8,13-16H2,1-2H3. The van der Waals surface area contributed by atoms with Crippen LogP contribution in [0.4, 0.5) is 30.7 Å². The van der Waals surface area contributed by atoms with Gasteiger partial charge in [0, 0.05) is 51.6 Å². The quantitative estimate of drug-likeness (QED) is 0.473. The van der Waals surface area contributed by atoms with Crippen molar-refractivity contribution < 1.29 is 50.2 Å². The highest BCUT2D eigenvalue weighted by atomic mass is 19.4. The number of likely N-dealkylation sites (tertiary alicyclic amines) is 2. The topological polar surface area (TPSA) is 81.2 Å². The normalized spacial score (nSPS) is 21.0. The van der Waals surface area contributed by atoms with E-state index in [1.165, 1.54) is 30.1 Å². The molecule has 2 aromatic carbocycles. The van der Waals surface area contributed by atoms with Crippen LogP contribution in [0.2, 0.25) is 0 Å². The zero-order chi connectivity index (χ0) is 32.6. The summed E-state index contributed by atoms with van der Waals surface area (Å²) in [5, 5.41) is 9.14. The Labute approximate surface area is 249 Å². The summed E-state index contributed by atoms with van der Waals surface area (Å²) in [6.45, 7) is 1.08. The Hall–Kier alpha value is -3.68. The molecule has 0 aromatic heterocycles. The second kappa shape index (κ2) is 12.7. The lowest BCUT2D eigenvalue weighted by Gasteiger charge is -2.41. The molecule has 0 aliphatic carbocycles. The van der Waals surface area contributed by atoms with Crippen LogP contribution in [0.25, 0.3) is 0 Å². The fraction of sp³-hybridized carbons (Fsp3) is 0.500. The molecule has 14 heteroatoms. The molecule has 2 aliphatic heterocycles. The fourth-order valence-corrected chi connectivity index (χ4v) is 6.11. The lowest BCUT2D eigenvalue weighted by Crippen LogP contribution is -2.49. The zero-order valence-corrected chi connectivity index (χ0v) is 24.0. The predicted octanol–water partition coefficient (Wildman–Crippen LogP) is 4.60. The van der Waals surface area contributed by atoms with E-state index < -0.39 is 72.0 Å². The van der Waals surface area contributed by atoms with Gasteiger partial charge in [-0.2, -0.15) is 26.3 Å². The molecule has 4 rings (SSSR count). The van der Waals surface area contributed by atoms with E-state index in [-0.39, 0.29) is 43.6 Å². The van der Waals surface area contributed by atoms with Gasteiger partial charge in [0.25, 0.3) is 0 Å². The van der Waals surface area contributed by atoms with Crippen molar-refractivity contribution in [2.75, 3.05) is 39.8 Å². The van der Waals surface area contributed by atoms with Crippen LogP contribution in [-0.2, 0) is 33.3 Å². The molecule has 2 aliphatic rings. The number of amides is 3. The number of rotatable bonds is 6. The number of hydrogen-bond acceptors (Lipinski definition) is 4. The Morgan fingerprint density at radius 1 is 0.909 bits per heavy atom. The highest BCUT2D eigenvalue weighted by Crippen LogP contribution is 2.39. The van der Waals surface area contributed by atoms with Crippen LogP contribution in [0.1, 0.15) is 46.6 Å². The van der Waals surface area contributed by atoms with Crippen LogP contribution in [0.15, 0.2) is 36.4 Å². The predicted molar refractivity (Wildman–Crippen MR) is 143 cm³/mol. The van der Waals surface area contributed by atoms with E-state index in [1.54, 1.807) is 11.8 Å². The molecule has 2 aromatic rings. The van der Waals surface area contributed by atoms with Crippen molar-refractivity contribution in [2.24, 2.45) is 11.8 Å². The summed E-state index contributed by atoms with van der Waals surface area (Å²) in [6, 6.07) is 5.17. The lowest BCUT2D eigenvalue weighted by molar-refractivity contribution is -0.144. The minimum absolute atomic E-state index is 0.0225. The van der Waals surface area contributed by atoms with E-state index in [4.69, 9.17) is 5.11 Å². The Morgan fingerprint density at radius 2 is 1.52 bits per heavy atom. The van der Waals surface area contributed by atoms with Crippen molar-refractivity contribution in [1.29, 1.82) is 0 Å². The van der Waals surface area contributed by atoms with Gasteiger partial charge in [-0.15, -0.1) is 0 Å². The van der Waals surface area contributed by atoms with Gasteiger partial charge in [-0.1, -0.05) is 6.07 Å². The van der Waals surface area contributed by atoms with Crippen molar-refractivity contribution in [1.82, 2.24) is 14.7 Å². The molecule has 2 fully saturated rings. The van der Waals surface area contributed by atoms with Gasteiger partial charge in [0.15, 0.2) is 0 Å². The number of alkyl halides is 6. The maximum Gasteiger partial charge on any atom is 0.416 e. The minimum Gasteiger partial charge on any atom is -0.387 e. The van der Waals surface area contributed by atoms with Crippen molar-refractivity contribution in [2.45, 2.75) is 44.6 Å². The summed E-state index contributed by atoms with van der Waals surface area (Å²) in [4.78, 5) is 43.1. The van der Waals surface area contributed by atoms with Crippen molar-refractivity contribution in [3.63, 3.8) is 0 Å². The maximum atomic E-state index is 14.0. The molecule has 1 N–H and O–H groups in total. The van der Waals surface area contributed by atoms with E-state index in [2.05, 4.69) is 0 Å². The molecule has 44 heavy (non-hydrogen) atoms. The number of aliphatic hydroxyl groups is 1. The second-order valence-corrected chi connectivity index (χ2v) is 11.4. The highest BCUT2D eigenvalue weighted by molar-refractivity contribution is 5.84. The molecule has 3 atom stereocenters. The first kappa shape index (κ1) is 33.2. The minimum atomic E-state index is -5.04. The third kappa shape index (κ3) is 7.33. The number of carbonyl (C=O) groups excluding carboxylic acids is 3. The van der Waals surface area contributed by atoms with Crippen LogP contribution in [0.3, 0.4) is 0 Å². The monoisotopic (exact) mass is 631 g/mol. The molecule has 3 unspecified atom stereocenters. The van der Waals surface area contributed by atoms with Crippen LogP contribution in [-0.4, -0.2) is 77.4 Å². The summed E-state index contributed by atoms with van der Waals surface area (Å²) in [5.74, 6) is -3.76. The van der Waals surface area contributed by atoms with Gasteiger partial charge >= 0.3 is 12.4 Å². The third-order valence-corrected chi connectivity index (χ3v) is 8.34. The molecule has 0 radical (unpaired) electrons. The van der Waals surface area contributed by atoms with Gasteiger partial charge in [-0.3, -0.25) is 14.4 Å². The largest absolute Gasteiger partial charge is 0.416 e. The van der Waals surface area contributed by atoms with E-state index >= 15 is 0 Å². The van der Waals surface area contributed by atoms with Crippen LogP contribution < -0.4 is 0 Å². The number of nitrogens with zero attached hydrogens (tertiary/aromatic N) is 3. The Kier molecular flexibility index (Phi) is 9.62. The van der Waals surface area contributed by atoms with E-state index in [0.29, 0.717) is 36.2 Å². The Balaban J connectivity index is 1.58. The van der Waals surface area contributed by atoms with E-state index in [1.807, 2.05) is 0 Å². The van der Waals surface area contributed by atoms with Crippen molar-refractivity contribution >= 4 is 17.7 Å². The smallest absolute Gasteiger partial charge is 0.387 e. The fourth-order valence-electron chi connectivity index (χ4n) is 6.11. The number of halogens is 7. The van der Waals surface area contributed by atoms with Gasteiger partial charge in [-0.05, 0) is 66.8 Å². The molecule has 2 saturated heterocycles. The van der Waals surface area contributed by atoms with Gasteiger partial charge in [0.05, 0.1) is 17.0 Å². The van der Waals surface area contributed by atoms with Crippen LogP contribution in [0.5, 0.6) is 0 Å². The number of benzene rings is 2. The van der Waals surface area contributed by atoms with Crippen LogP contribution in [0, 0.1) is 24.6 Å². The van der Waals surface area contributed by atoms with Crippen LogP contribution >= 0.6 is 0 Å². The lowest BCUT2D eigenvalue weighted by atomic mass is 9.78. The molecule has 2 heterocycles. The average Bonchev–Trinajstić information content (AvgIpc) is 3.45. The SMILES string of the molecule is Cc1cc(F)ccc1C1CN(C(=O)C2CCN(C(=O)CO)C2)CCC1C(=O)N(C)Cc1cc(C(F)(F)F)cc(C(F)(F)F)c1. The molecule has 3 amide bonds. The molecule has 240 valence electrons. The highest BCUT2D eigenvalue weighted by Gasteiger charge is 2.42. The Morgan fingerprint density at radius 3 is 2.09 bits per heavy atom. The van der Waals surface area contributed by atoms with Gasteiger partial charge in [0.2, 0.25) is 17.7 Å². The number of piperidine rings is 1. The Bertz CT molecular complexity index is 1380. The number of aliphatic hydroxyl groups excluding tert-OH is 1. The summed E-state index contributed by atoms with van der Waals surface area (Å²) in [6.07, 6.45) is -9.54. The number of aryl methyl sites for hydroxylation is 1. The van der Waals surface area contributed by atoms with Crippen molar-refractivity contribution in [3.05, 3.63) is 70.0 Å². The number of carbonyl (C=O) groups is 3. The average molecular weight is 632 g/mol. The summed E-state index contributed by atoms with van der Waals surface area (Å²) in [7, 11) is 1.28. The second-order valence-electron chi connectivity index (χ2n) is 11.4. The van der Waals surface area contributed by atoms with Gasteiger partial charge in [0.1, 0.15) is 12.4 Å². The molecular weight excluding hydrogens is 599 g/mol. The van der Waals surface area contributed by atoms with E-state index in [9.17, 15) is 45.1 Å². The number of hydrogen-bond donors (Lipinski definition) is 1. The summed E-state index contributed by atoms with van der Waals surface area (Å²) in [5.41, 5.74) is -2.23. The van der Waals surface area contributed by atoms with Gasteiger partial charge < -0.3 is 19.8 Å². The first-order valence-corrected chi connectivity index (χ1v) is 14.0. The summed E-state index contributed by atoms with van der Waals surface area (Å²) < 4.78 is 94.3. The zero-order valence-electron chi connectivity index (χ0n) is 24.0. The molecule has 0 bridgehead atoms. The summed E-state index contributed by atoms with van der Waals surface area (Å²) >= 11 is 0. The van der Waals surface area contributed by atoms with Gasteiger partial charge in [-0.25, -0.2) is 4.39 Å². The van der Waals surface area contributed by atoms with Crippen molar-refractivity contribution in [3.8, 4) is 0 Å². The first-order chi connectivity index (χ1) is 20.5. The molecule has 7 nitrogen and oxygen atoms in total. The third-order valence-electron chi connectivity index (χ3n) is 8.34.